The average Bonchev–Trinajstić information content (AvgIpc) is 3.07. The summed E-state index contributed by atoms with van der Waals surface area (Å²) in [7, 11) is 1.83. The van der Waals surface area contributed by atoms with Gasteiger partial charge in [0.05, 0.1) is 24.2 Å². The van der Waals surface area contributed by atoms with E-state index in [2.05, 4.69) is 10.3 Å². The third kappa shape index (κ3) is 3.09. The summed E-state index contributed by atoms with van der Waals surface area (Å²) < 4.78 is 7.31. The zero-order valence-corrected chi connectivity index (χ0v) is 14.1. The largest absolute Gasteiger partial charge is 0.492 e. The molecule has 1 amide bonds. The molecule has 0 spiro atoms. The van der Waals surface area contributed by atoms with Crippen LogP contribution < -0.4 is 9.64 Å². The highest BCUT2D eigenvalue weighted by atomic mass is 16.6. The molecule has 0 radical (unpaired) electrons. The summed E-state index contributed by atoms with van der Waals surface area (Å²) in [6.07, 6.45) is 5.18. The minimum atomic E-state index is -0.559. The van der Waals surface area contributed by atoms with Crippen LogP contribution in [0.1, 0.15) is 24.8 Å². The molecular formula is C18H20N4O3. The number of oxime groups is 1. The van der Waals surface area contributed by atoms with Gasteiger partial charge in [-0.15, -0.1) is 0 Å². The number of carbonyl (C=O) groups is 1. The van der Waals surface area contributed by atoms with Gasteiger partial charge in [-0.3, -0.25) is 9.48 Å². The van der Waals surface area contributed by atoms with E-state index < -0.39 is 6.10 Å². The molecule has 3 heterocycles. The van der Waals surface area contributed by atoms with Crippen molar-refractivity contribution in [2.75, 3.05) is 18.1 Å². The highest BCUT2D eigenvalue weighted by Crippen LogP contribution is 2.26. The standard InChI is InChI=1S/C18H20N4O3/c1-21-12-13(11-19-21)22-9-4-7-17(18(22)23)25-20-15-8-10-24-16-6-3-2-5-14(15)16/h2-3,5-6,11-12,17H,4,7-10H2,1H3/b20-15-. The Morgan fingerprint density at radius 3 is 3.08 bits per heavy atom. The summed E-state index contributed by atoms with van der Waals surface area (Å²) >= 11 is 0. The van der Waals surface area contributed by atoms with Gasteiger partial charge in [0.1, 0.15) is 5.75 Å². The van der Waals surface area contributed by atoms with E-state index in [0.717, 1.165) is 29.1 Å². The number of aryl methyl sites for hydroxylation is 1. The van der Waals surface area contributed by atoms with Gasteiger partial charge in [0.25, 0.3) is 5.91 Å². The normalized spacial score (nSPS) is 21.8. The van der Waals surface area contributed by atoms with Gasteiger partial charge >= 0.3 is 0 Å². The van der Waals surface area contributed by atoms with Crippen molar-refractivity contribution in [3.8, 4) is 5.75 Å². The maximum atomic E-state index is 12.7. The molecule has 130 valence electrons. The van der Waals surface area contributed by atoms with Gasteiger partial charge < -0.3 is 14.5 Å². The molecule has 4 rings (SSSR count). The van der Waals surface area contributed by atoms with Crippen molar-refractivity contribution in [2.24, 2.45) is 12.2 Å². The fourth-order valence-electron chi connectivity index (χ4n) is 3.19. The molecule has 1 saturated heterocycles. The van der Waals surface area contributed by atoms with E-state index in [1.54, 1.807) is 15.8 Å². The van der Waals surface area contributed by atoms with Crippen LogP contribution in [0, 0.1) is 0 Å². The maximum Gasteiger partial charge on any atom is 0.270 e. The summed E-state index contributed by atoms with van der Waals surface area (Å²) in [6.45, 7) is 1.25. The number of nitrogens with zero attached hydrogens (tertiary/aromatic N) is 4. The number of piperidine rings is 1. The molecule has 25 heavy (non-hydrogen) atoms. The third-order valence-electron chi connectivity index (χ3n) is 4.48. The van der Waals surface area contributed by atoms with Gasteiger partial charge in [0, 0.05) is 31.8 Å². The quantitative estimate of drug-likeness (QED) is 0.803. The van der Waals surface area contributed by atoms with Gasteiger partial charge in [-0.2, -0.15) is 5.10 Å². The molecule has 0 saturated carbocycles. The van der Waals surface area contributed by atoms with Crippen molar-refractivity contribution >= 4 is 17.3 Å². The zero-order valence-electron chi connectivity index (χ0n) is 14.1. The number of fused-ring (bicyclic) bond motifs is 1. The van der Waals surface area contributed by atoms with E-state index in [1.165, 1.54) is 0 Å². The Kier molecular flexibility index (Phi) is 4.13. The molecule has 1 atom stereocenters. The number of amides is 1. The first kappa shape index (κ1) is 15.7. The number of aromatic nitrogens is 2. The number of carbonyl (C=O) groups excluding carboxylic acids is 1. The van der Waals surface area contributed by atoms with Crippen LogP contribution in [0.2, 0.25) is 0 Å². The molecule has 2 aromatic rings. The molecule has 7 nitrogen and oxygen atoms in total. The predicted octanol–water partition coefficient (Wildman–Crippen LogP) is 2.12. The Morgan fingerprint density at radius 1 is 1.36 bits per heavy atom. The second-order valence-electron chi connectivity index (χ2n) is 6.23. The maximum absolute atomic E-state index is 12.7. The first-order valence-corrected chi connectivity index (χ1v) is 8.47. The lowest BCUT2D eigenvalue weighted by molar-refractivity contribution is -0.132. The van der Waals surface area contributed by atoms with E-state index in [1.807, 2.05) is 37.5 Å². The number of anilines is 1. The molecule has 1 aromatic carbocycles. The first-order valence-electron chi connectivity index (χ1n) is 8.47. The summed E-state index contributed by atoms with van der Waals surface area (Å²) in [5, 5.41) is 8.44. The zero-order chi connectivity index (χ0) is 17.2. The lowest BCUT2D eigenvalue weighted by Crippen LogP contribution is -2.45. The summed E-state index contributed by atoms with van der Waals surface area (Å²) in [5.41, 5.74) is 2.55. The SMILES string of the molecule is Cn1cc(N2CCCC(O/N=C3/CCOc4ccccc43)C2=O)cn1. The lowest BCUT2D eigenvalue weighted by atomic mass is 10.0. The molecule has 0 bridgehead atoms. The third-order valence-corrected chi connectivity index (χ3v) is 4.48. The van der Waals surface area contributed by atoms with Gasteiger partial charge in [-0.1, -0.05) is 17.3 Å². The first-order chi connectivity index (χ1) is 12.2. The molecule has 1 unspecified atom stereocenters. The molecule has 0 N–H and O–H groups in total. The van der Waals surface area contributed by atoms with Gasteiger partial charge in [0.2, 0.25) is 6.10 Å². The second-order valence-corrected chi connectivity index (χ2v) is 6.23. The van der Waals surface area contributed by atoms with Crippen molar-refractivity contribution in [3.05, 3.63) is 42.2 Å². The Morgan fingerprint density at radius 2 is 2.24 bits per heavy atom. The van der Waals surface area contributed by atoms with Crippen molar-refractivity contribution in [2.45, 2.75) is 25.4 Å². The minimum absolute atomic E-state index is 0.0658. The van der Waals surface area contributed by atoms with Crippen LogP contribution in [0.25, 0.3) is 0 Å². The summed E-state index contributed by atoms with van der Waals surface area (Å²) in [4.78, 5) is 20.1. The molecule has 0 aliphatic carbocycles. The number of rotatable bonds is 3. The fraction of sp³-hybridized carbons (Fsp3) is 0.389. The van der Waals surface area contributed by atoms with Crippen LogP contribution in [0.15, 0.2) is 41.8 Å². The van der Waals surface area contributed by atoms with Crippen molar-refractivity contribution < 1.29 is 14.4 Å². The molecule has 2 aliphatic rings. The highest BCUT2D eigenvalue weighted by molar-refractivity contribution is 6.03. The van der Waals surface area contributed by atoms with Gasteiger partial charge in [-0.25, -0.2) is 0 Å². The topological polar surface area (TPSA) is 68.9 Å². The number of hydrogen-bond acceptors (Lipinski definition) is 5. The number of ether oxygens (including phenoxy) is 1. The van der Waals surface area contributed by atoms with Crippen LogP contribution >= 0.6 is 0 Å². The van der Waals surface area contributed by atoms with E-state index in [4.69, 9.17) is 9.57 Å². The second kappa shape index (κ2) is 6.58. The lowest BCUT2D eigenvalue weighted by Gasteiger charge is -2.30. The minimum Gasteiger partial charge on any atom is -0.492 e. The summed E-state index contributed by atoms with van der Waals surface area (Å²) in [5.74, 6) is 0.743. The van der Waals surface area contributed by atoms with Gasteiger partial charge in [0.15, 0.2) is 0 Å². The van der Waals surface area contributed by atoms with E-state index in [0.29, 0.717) is 26.0 Å². The Balaban J connectivity index is 1.50. The van der Waals surface area contributed by atoms with Crippen LogP contribution in [0.5, 0.6) is 5.75 Å². The highest BCUT2D eigenvalue weighted by Gasteiger charge is 2.32. The van der Waals surface area contributed by atoms with E-state index in [-0.39, 0.29) is 5.91 Å². The average molecular weight is 340 g/mol. The number of benzene rings is 1. The molecule has 1 fully saturated rings. The number of hydrogen-bond donors (Lipinski definition) is 0. The van der Waals surface area contributed by atoms with Crippen molar-refractivity contribution in [1.29, 1.82) is 0 Å². The number of para-hydroxylation sites is 1. The monoisotopic (exact) mass is 340 g/mol. The van der Waals surface area contributed by atoms with Crippen LogP contribution in [-0.4, -0.2) is 40.7 Å². The van der Waals surface area contributed by atoms with E-state index in [9.17, 15) is 4.79 Å². The van der Waals surface area contributed by atoms with Crippen molar-refractivity contribution in [1.82, 2.24) is 9.78 Å². The van der Waals surface area contributed by atoms with Gasteiger partial charge in [-0.05, 0) is 25.0 Å². The predicted molar refractivity (Wildman–Crippen MR) is 92.8 cm³/mol. The van der Waals surface area contributed by atoms with Crippen LogP contribution in [0.3, 0.4) is 0 Å². The summed E-state index contributed by atoms with van der Waals surface area (Å²) in [6, 6.07) is 7.75. The molecule has 2 aliphatic heterocycles. The fourth-order valence-corrected chi connectivity index (χ4v) is 3.19. The Hall–Kier alpha value is -2.83. The van der Waals surface area contributed by atoms with Crippen LogP contribution in [-0.2, 0) is 16.7 Å². The van der Waals surface area contributed by atoms with Crippen molar-refractivity contribution in [3.63, 3.8) is 0 Å². The van der Waals surface area contributed by atoms with E-state index >= 15 is 0 Å². The smallest absolute Gasteiger partial charge is 0.270 e. The molecular weight excluding hydrogens is 320 g/mol. The Bertz CT molecular complexity index is 814. The molecule has 1 aromatic heterocycles. The van der Waals surface area contributed by atoms with Crippen LogP contribution in [0.4, 0.5) is 5.69 Å². The molecule has 7 heteroatoms. The Labute approximate surface area is 145 Å².